The van der Waals surface area contributed by atoms with E-state index in [4.69, 9.17) is 5.11 Å². The van der Waals surface area contributed by atoms with Gasteiger partial charge in [-0.2, -0.15) is 0 Å². The van der Waals surface area contributed by atoms with Crippen LogP contribution in [0.3, 0.4) is 0 Å². The summed E-state index contributed by atoms with van der Waals surface area (Å²) in [5, 5.41) is 18.4. The molecule has 1 fully saturated rings. The van der Waals surface area contributed by atoms with Gasteiger partial charge in [-0.05, 0) is 31.0 Å². The van der Waals surface area contributed by atoms with E-state index in [-0.39, 0.29) is 11.7 Å². The second kappa shape index (κ2) is 4.04. The van der Waals surface area contributed by atoms with Crippen LogP contribution in [-0.2, 0) is 4.79 Å². The highest BCUT2D eigenvalue weighted by Gasteiger charge is 2.28. The molecule has 1 heterocycles. The van der Waals surface area contributed by atoms with Crippen LogP contribution in [0, 0.1) is 12.8 Å². The molecule has 0 bridgehead atoms. The first-order valence-corrected chi connectivity index (χ1v) is 5.34. The Morgan fingerprint density at radius 1 is 1.44 bits per heavy atom. The first kappa shape index (κ1) is 10.8. The maximum Gasteiger partial charge on any atom is 0.308 e. The number of hydrogen-bond acceptors (Lipinski definition) is 3. The minimum absolute atomic E-state index is 0.230. The number of aromatic hydroxyl groups is 1. The van der Waals surface area contributed by atoms with Gasteiger partial charge in [-0.15, -0.1) is 0 Å². The molecule has 4 heteroatoms. The van der Waals surface area contributed by atoms with E-state index < -0.39 is 5.97 Å². The molecule has 86 valence electrons. The monoisotopic (exact) mass is 221 g/mol. The molecule has 1 unspecified atom stereocenters. The van der Waals surface area contributed by atoms with Crippen LogP contribution in [0.25, 0.3) is 0 Å². The SMILES string of the molecule is Cc1cc(O)cc(N2CCC(C(=O)O)C2)c1. The summed E-state index contributed by atoms with van der Waals surface area (Å²) in [6.45, 7) is 3.17. The Morgan fingerprint density at radius 2 is 2.19 bits per heavy atom. The zero-order valence-corrected chi connectivity index (χ0v) is 9.18. The largest absolute Gasteiger partial charge is 0.508 e. The summed E-state index contributed by atoms with van der Waals surface area (Å²) in [5.41, 5.74) is 1.88. The van der Waals surface area contributed by atoms with Crippen molar-refractivity contribution in [3.8, 4) is 5.75 Å². The third kappa shape index (κ3) is 2.10. The third-order valence-corrected chi connectivity index (χ3v) is 2.95. The summed E-state index contributed by atoms with van der Waals surface area (Å²) in [5.74, 6) is -0.796. The van der Waals surface area contributed by atoms with Gasteiger partial charge in [-0.25, -0.2) is 0 Å². The van der Waals surface area contributed by atoms with Crippen LogP contribution in [-0.4, -0.2) is 29.3 Å². The lowest BCUT2D eigenvalue weighted by Gasteiger charge is -2.18. The molecule has 0 spiro atoms. The molecule has 1 aromatic carbocycles. The fourth-order valence-corrected chi connectivity index (χ4v) is 2.12. The van der Waals surface area contributed by atoms with Crippen molar-refractivity contribution in [2.75, 3.05) is 18.0 Å². The standard InChI is InChI=1S/C12H15NO3/c1-8-4-10(6-11(14)5-8)13-3-2-9(7-13)12(15)16/h4-6,9,14H,2-3,7H2,1H3,(H,15,16). The van der Waals surface area contributed by atoms with Crippen LogP contribution in [0.5, 0.6) is 5.75 Å². The van der Waals surface area contributed by atoms with Gasteiger partial charge in [0.1, 0.15) is 5.75 Å². The Balaban J connectivity index is 2.17. The van der Waals surface area contributed by atoms with E-state index in [0.717, 1.165) is 17.8 Å². The van der Waals surface area contributed by atoms with E-state index in [0.29, 0.717) is 13.0 Å². The maximum absolute atomic E-state index is 10.8. The fourth-order valence-electron chi connectivity index (χ4n) is 2.12. The normalized spacial score (nSPS) is 20.1. The van der Waals surface area contributed by atoms with E-state index in [2.05, 4.69) is 0 Å². The minimum Gasteiger partial charge on any atom is -0.508 e. The van der Waals surface area contributed by atoms with E-state index in [9.17, 15) is 9.90 Å². The second-order valence-electron chi connectivity index (χ2n) is 4.30. The lowest BCUT2D eigenvalue weighted by atomic mass is 10.1. The number of anilines is 1. The number of benzene rings is 1. The first-order valence-electron chi connectivity index (χ1n) is 5.34. The Bertz CT molecular complexity index is 396. The Labute approximate surface area is 94.1 Å². The van der Waals surface area contributed by atoms with Crippen molar-refractivity contribution in [1.29, 1.82) is 0 Å². The third-order valence-electron chi connectivity index (χ3n) is 2.95. The van der Waals surface area contributed by atoms with Crippen molar-refractivity contribution in [2.45, 2.75) is 13.3 Å². The molecule has 1 atom stereocenters. The Kier molecular flexibility index (Phi) is 2.73. The lowest BCUT2D eigenvalue weighted by Crippen LogP contribution is -2.22. The Morgan fingerprint density at radius 3 is 2.75 bits per heavy atom. The summed E-state index contributed by atoms with van der Waals surface area (Å²) < 4.78 is 0. The van der Waals surface area contributed by atoms with Crippen LogP contribution in [0.15, 0.2) is 18.2 Å². The van der Waals surface area contributed by atoms with Gasteiger partial charge in [0.05, 0.1) is 5.92 Å². The molecule has 1 aromatic rings. The van der Waals surface area contributed by atoms with E-state index in [1.807, 2.05) is 17.9 Å². The number of carboxylic acid groups (broad SMARTS) is 1. The predicted molar refractivity (Wildman–Crippen MR) is 60.8 cm³/mol. The highest BCUT2D eigenvalue weighted by atomic mass is 16.4. The van der Waals surface area contributed by atoms with Gasteiger partial charge in [-0.1, -0.05) is 0 Å². The van der Waals surface area contributed by atoms with Crippen LogP contribution in [0.4, 0.5) is 5.69 Å². The molecule has 0 aliphatic carbocycles. The molecule has 2 rings (SSSR count). The zero-order chi connectivity index (χ0) is 11.7. The summed E-state index contributed by atoms with van der Waals surface area (Å²) in [4.78, 5) is 12.8. The molecular formula is C12H15NO3. The molecule has 16 heavy (non-hydrogen) atoms. The molecule has 1 aliphatic rings. The number of carboxylic acids is 1. The molecule has 0 saturated carbocycles. The molecule has 1 saturated heterocycles. The number of nitrogens with zero attached hydrogens (tertiary/aromatic N) is 1. The average Bonchev–Trinajstić information content (AvgIpc) is 2.64. The summed E-state index contributed by atoms with van der Waals surface area (Å²) in [6, 6.07) is 5.33. The predicted octanol–water partition coefficient (Wildman–Crippen LogP) is 1.61. The van der Waals surface area contributed by atoms with Gasteiger partial charge in [-0.3, -0.25) is 4.79 Å². The lowest BCUT2D eigenvalue weighted by molar-refractivity contribution is -0.140. The molecule has 0 radical (unpaired) electrons. The molecule has 1 aliphatic heterocycles. The van der Waals surface area contributed by atoms with Crippen LogP contribution in [0.1, 0.15) is 12.0 Å². The van der Waals surface area contributed by atoms with Crippen molar-refractivity contribution >= 4 is 11.7 Å². The summed E-state index contributed by atoms with van der Waals surface area (Å²) in [6.07, 6.45) is 0.671. The van der Waals surface area contributed by atoms with Crippen LogP contribution < -0.4 is 4.90 Å². The van der Waals surface area contributed by atoms with Gasteiger partial charge in [0.2, 0.25) is 0 Å². The number of hydrogen-bond donors (Lipinski definition) is 2. The van der Waals surface area contributed by atoms with Gasteiger partial charge in [0, 0.05) is 24.8 Å². The minimum atomic E-state index is -0.737. The topological polar surface area (TPSA) is 60.8 Å². The Hall–Kier alpha value is -1.71. The quantitative estimate of drug-likeness (QED) is 0.796. The fraction of sp³-hybridized carbons (Fsp3) is 0.417. The molecule has 4 nitrogen and oxygen atoms in total. The van der Waals surface area contributed by atoms with Crippen molar-refractivity contribution < 1.29 is 15.0 Å². The number of phenolic OH excluding ortho intramolecular Hbond substituents is 1. The number of aliphatic carboxylic acids is 1. The maximum atomic E-state index is 10.8. The van der Waals surface area contributed by atoms with Crippen molar-refractivity contribution in [3.05, 3.63) is 23.8 Å². The van der Waals surface area contributed by atoms with E-state index in [1.54, 1.807) is 12.1 Å². The first-order chi connectivity index (χ1) is 7.56. The van der Waals surface area contributed by atoms with Crippen LogP contribution >= 0.6 is 0 Å². The smallest absolute Gasteiger partial charge is 0.308 e. The zero-order valence-electron chi connectivity index (χ0n) is 9.18. The van der Waals surface area contributed by atoms with E-state index >= 15 is 0 Å². The van der Waals surface area contributed by atoms with E-state index in [1.165, 1.54) is 0 Å². The summed E-state index contributed by atoms with van der Waals surface area (Å²) in [7, 11) is 0. The highest BCUT2D eigenvalue weighted by Crippen LogP contribution is 2.27. The second-order valence-corrected chi connectivity index (χ2v) is 4.30. The highest BCUT2D eigenvalue weighted by molar-refractivity contribution is 5.72. The molecule has 0 aromatic heterocycles. The number of phenols is 1. The van der Waals surface area contributed by atoms with Crippen LogP contribution in [0.2, 0.25) is 0 Å². The van der Waals surface area contributed by atoms with Gasteiger partial charge >= 0.3 is 5.97 Å². The number of carbonyl (C=O) groups is 1. The molecular weight excluding hydrogens is 206 g/mol. The van der Waals surface area contributed by atoms with Crippen molar-refractivity contribution in [3.63, 3.8) is 0 Å². The van der Waals surface area contributed by atoms with Crippen molar-refractivity contribution in [2.24, 2.45) is 5.92 Å². The summed E-state index contributed by atoms with van der Waals surface area (Å²) >= 11 is 0. The van der Waals surface area contributed by atoms with Crippen molar-refractivity contribution in [1.82, 2.24) is 0 Å². The molecule has 2 N–H and O–H groups in total. The average molecular weight is 221 g/mol. The van der Waals surface area contributed by atoms with Gasteiger partial charge < -0.3 is 15.1 Å². The molecule has 0 amide bonds. The number of aryl methyl sites for hydroxylation is 1. The number of rotatable bonds is 2. The van der Waals surface area contributed by atoms with Gasteiger partial charge in [0.15, 0.2) is 0 Å². The van der Waals surface area contributed by atoms with Gasteiger partial charge in [0.25, 0.3) is 0 Å².